The number of ether oxygens (including phenoxy) is 3. The van der Waals surface area contributed by atoms with Gasteiger partial charge in [0.15, 0.2) is 0 Å². The molecule has 0 radical (unpaired) electrons. The zero-order chi connectivity index (χ0) is 38.4. The lowest BCUT2D eigenvalue weighted by Crippen LogP contribution is -2.37. The molecule has 0 N–H and O–H groups in total. The summed E-state index contributed by atoms with van der Waals surface area (Å²) < 4.78 is 18.6. The predicted molar refractivity (Wildman–Crippen MR) is 224 cm³/mol. The number of fused-ring (bicyclic) bond motifs is 1. The number of allylic oxidation sites excluding steroid dienone is 3. The summed E-state index contributed by atoms with van der Waals surface area (Å²) in [5.41, 5.74) is 5.00. The minimum atomic E-state index is -0.0973. The summed E-state index contributed by atoms with van der Waals surface area (Å²) >= 11 is 0. The SMILES string of the molecule is CCCCC[C@H](/C=C/C=C/CCCCCCCC(=O)OC)Oc1c(C)c(C)c2c(c1C)CC[C@@](C)(CCC[C@H](C)CCC[C@H](C)CCCC(C)C)O2. The largest absolute Gasteiger partial charge is 0.487 e. The van der Waals surface area contributed by atoms with Crippen molar-refractivity contribution in [2.24, 2.45) is 17.8 Å². The van der Waals surface area contributed by atoms with Crippen LogP contribution in [0.4, 0.5) is 0 Å². The summed E-state index contributed by atoms with van der Waals surface area (Å²) in [5.74, 6) is 4.60. The molecule has 1 heterocycles. The van der Waals surface area contributed by atoms with Crippen LogP contribution in [-0.2, 0) is 16.0 Å². The Morgan fingerprint density at radius 1 is 0.769 bits per heavy atom. The van der Waals surface area contributed by atoms with Crippen LogP contribution in [-0.4, -0.2) is 24.8 Å². The summed E-state index contributed by atoms with van der Waals surface area (Å²) in [6.45, 7) is 20.9. The number of carbonyl (C=O) groups is 1. The number of benzene rings is 1. The molecule has 1 aromatic carbocycles. The molecule has 0 fully saturated rings. The highest BCUT2D eigenvalue weighted by Gasteiger charge is 2.34. The van der Waals surface area contributed by atoms with Crippen molar-refractivity contribution in [2.75, 3.05) is 7.11 Å². The Morgan fingerprint density at radius 3 is 2.10 bits per heavy atom. The van der Waals surface area contributed by atoms with Gasteiger partial charge >= 0.3 is 5.97 Å². The van der Waals surface area contributed by atoms with E-state index in [1.165, 1.54) is 119 Å². The minimum absolute atomic E-state index is 0.0608. The maximum atomic E-state index is 11.2. The van der Waals surface area contributed by atoms with Crippen molar-refractivity contribution in [1.82, 2.24) is 0 Å². The van der Waals surface area contributed by atoms with Crippen molar-refractivity contribution in [3.63, 3.8) is 0 Å². The van der Waals surface area contributed by atoms with Crippen LogP contribution < -0.4 is 9.47 Å². The third kappa shape index (κ3) is 17.7. The van der Waals surface area contributed by atoms with Crippen molar-refractivity contribution < 1.29 is 19.0 Å². The molecule has 0 amide bonds. The van der Waals surface area contributed by atoms with Crippen molar-refractivity contribution in [3.05, 3.63) is 46.6 Å². The van der Waals surface area contributed by atoms with E-state index in [9.17, 15) is 4.79 Å². The Kier molecular flexibility index (Phi) is 22.7. The van der Waals surface area contributed by atoms with E-state index in [1.807, 2.05) is 0 Å². The second-order valence-electron chi connectivity index (χ2n) is 17.3. The number of hydrogen-bond donors (Lipinski definition) is 0. The summed E-state index contributed by atoms with van der Waals surface area (Å²) in [4.78, 5) is 11.2. The fourth-order valence-corrected chi connectivity index (χ4v) is 7.90. The Bertz CT molecular complexity index is 1200. The summed E-state index contributed by atoms with van der Waals surface area (Å²) in [6.07, 6.45) is 34.9. The van der Waals surface area contributed by atoms with Crippen LogP contribution in [0, 0.1) is 38.5 Å². The first-order valence-corrected chi connectivity index (χ1v) is 21.8. The smallest absolute Gasteiger partial charge is 0.305 e. The average molecular weight is 723 g/mol. The quantitative estimate of drug-likeness (QED) is 0.0491. The van der Waals surface area contributed by atoms with Crippen molar-refractivity contribution in [2.45, 2.75) is 215 Å². The Balaban J connectivity index is 1.91. The Labute approximate surface area is 322 Å². The number of esters is 1. The van der Waals surface area contributed by atoms with Crippen LogP contribution in [0.25, 0.3) is 0 Å². The number of methoxy groups -OCH3 is 1. The highest BCUT2D eigenvalue weighted by molar-refractivity contribution is 5.69. The molecule has 52 heavy (non-hydrogen) atoms. The van der Waals surface area contributed by atoms with Gasteiger partial charge in [-0.25, -0.2) is 0 Å². The molecule has 0 aromatic heterocycles. The van der Waals surface area contributed by atoms with Gasteiger partial charge in [-0.1, -0.05) is 130 Å². The first-order valence-electron chi connectivity index (χ1n) is 21.8. The maximum Gasteiger partial charge on any atom is 0.305 e. The molecule has 0 unspecified atom stereocenters. The molecule has 0 saturated carbocycles. The second kappa shape index (κ2) is 25.7. The number of unbranched alkanes of at least 4 members (excludes halogenated alkanes) is 7. The first-order chi connectivity index (χ1) is 24.9. The van der Waals surface area contributed by atoms with Gasteiger partial charge in [-0.2, -0.15) is 0 Å². The van der Waals surface area contributed by atoms with E-state index in [0.717, 1.165) is 74.2 Å². The molecular weight excluding hydrogens is 641 g/mol. The Morgan fingerprint density at radius 2 is 1.42 bits per heavy atom. The van der Waals surface area contributed by atoms with Crippen LogP contribution >= 0.6 is 0 Å². The standard InChI is InChI=1S/C48H82O4/c1-11-12-20-31-43(32-21-18-16-14-13-15-17-19-22-33-45(49)50-10)51-46-40(6)41(7)47-44(42(46)8)34-36-48(9,52-47)35-25-30-39(5)29-24-28-38(4)27-23-26-37(2)3/h16,18,21,32,37-39,43H,11-15,17,19-20,22-31,33-36H2,1-10H3/b18-16+,32-21+/t38-,39-,43-,48-/m1/s1. The molecule has 0 bridgehead atoms. The Hall–Kier alpha value is -2.23. The van der Waals surface area contributed by atoms with Gasteiger partial charge in [0.25, 0.3) is 0 Å². The van der Waals surface area contributed by atoms with Gasteiger partial charge in [0, 0.05) is 12.0 Å². The monoisotopic (exact) mass is 723 g/mol. The summed E-state index contributed by atoms with van der Waals surface area (Å²) in [6, 6.07) is 0. The normalized spacial score (nSPS) is 17.8. The molecule has 0 aliphatic carbocycles. The molecule has 1 aliphatic rings. The third-order valence-corrected chi connectivity index (χ3v) is 11.8. The molecular formula is C48H82O4. The number of rotatable bonds is 28. The van der Waals surface area contributed by atoms with Gasteiger partial charge in [0.2, 0.25) is 0 Å². The molecule has 4 nitrogen and oxygen atoms in total. The first kappa shape index (κ1) is 45.9. The number of carbonyl (C=O) groups excluding carboxylic acids is 1. The molecule has 1 aromatic rings. The van der Waals surface area contributed by atoms with E-state index < -0.39 is 0 Å². The van der Waals surface area contributed by atoms with Gasteiger partial charge in [-0.15, -0.1) is 0 Å². The van der Waals surface area contributed by atoms with E-state index >= 15 is 0 Å². The predicted octanol–water partition coefficient (Wildman–Crippen LogP) is 14.5. The third-order valence-electron chi connectivity index (χ3n) is 11.8. The molecule has 0 saturated heterocycles. The fraction of sp³-hybridized carbons (Fsp3) is 0.771. The second-order valence-corrected chi connectivity index (χ2v) is 17.3. The van der Waals surface area contributed by atoms with E-state index in [1.54, 1.807) is 0 Å². The molecule has 4 heteroatoms. The van der Waals surface area contributed by atoms with Crippen LogP contribution in [0.2, 0.25) is 0 Å². The summed E-state index contributed by atoms with van der Waals surface area (Å²) in [5, 5.41) is 0. The van der Waals surface area contributed by atoms with Crippen LogP contribution in [0.3, 0.4) is 0 Å². The van der Waals surface area contributed by atoms with Crippen molar-refractivity contribution in [1.29, 1.82) is 0 Å². The van der Waals surface area contributed by atoms with Gasteiger partial charge in [-0.05, 0) is 126 Å². The van der Waals surface area contributed by atoms with E-state index in [-0.39, 0.29) is 17.7 Å². The van der Waals surface area contributed by atoms with Crippen LogP contribution in [0.15, 0.2) is 24.3 Å². The topological polar surface area (TPSA) is 44.8 Å². The van der Waals surface area contributed by atoms with Gasteiger partial charge < -0.3 is 14.2 Å². The van der Waals surface area contributed by atoms with Gasteiger partial charge in [0.1, 0.15) is 23.2 Å². The average Bonchev–Trinajstić information content (AvgIpc) is 3.10. The minimum Gasteiger partial charge on any atom is -0.487 e. The highest BCUT2D eigenvalue weighted by atomic mass is 16.5. The molecule has 0 spiro atoms. The van der Waals surface area contributed by atoms with E-state index in [2.05, 4.69) is 86.6 Å². The van der Waals surface area contributed by atoms with Gasteiger partial charge in [0.05, 0.1) is 7.11 Å². The molecule has 4 atom stereocenters. The lowest BCUT2D eigenvalue weighted by molar-refractivity contribution is -0.140. The van der Waals surface area contributed by atoms with Crippen LogP contribution in [0.5, 0.6) is 11.5 Å². The highest BCUT2D eigenvalue weighted by Crippen LogP contribution is 2.45. The lowest BCUT2D eigenvalue weighted by atomic mass is 9.83. The maximum absolute atomic E-state index is 11.2. The zero-order valence-electron chi connectivity index (χ0n) is 35.8. The van der Waals surface area contributed by atoms with Crippen molar-refractivity contribution in [3.8, 4) is 11.5 Å². The lowest BCUT2D eigenvalue weighted by Gasteiger charge is -2.38. The van der Waals surface area contributed by atoms with Crippen molar-refractivity contribution >= 4 is 5.97 Å². The number of hydrogen-bond acceptors (Lipinski definition) is 4. The molecule has 2 rings (SSSR count). The van der Waals surface area contributed by atoms with E-state index in [0.29, 0.717) is 6.42 Å². The summed E-state index contributed by atoms with van der Waals surface area (Å²) in [7, 11) is 1.46. The van der Waals surface area contributed by atoms with Crippen LogP contribution in [0.1, 0.15) is 199 Å². The molecule has 298 valence electrons. The van der Waals surface area contributed by atoms with Gasteiger partial charge in [-0.3, -0.25) is 4.79 Å². The van der Waals surface area contributed by atoms with E-state index in [4.69, 9.17) is 14.2 Å². The fourth-order valence-electron chi connectivity index (χ4n) is 7.90. The molecule has 1 aliphatic heterocycles. The zero-order valence-corrected chi connectivity index (χ0v) is 35.8.